The van der Waals surface area contributed by atoms with Crippen molar-refractivity contribution in [2.45, 2.75) is 102 Å². The predicted octanol–water partition coefficient (Wildman–Crippen LogP) is 7.46. The molecule has 0 spiro atoms. The molecule has 3 nitrogen and oxygen atoms in total. The van der Waals surface area contributed by atoms with Crippen molar-refractivity contribution >= 4 is 5.91 Å². The summed E-state index contributed by atoms with van der Waals surface area (Å²) < 4.78 is 0. The lowest BCUT2D eigenvalue weighted by Gasteiger charge is -2.38. The SMILES string of the molecule is CC(=O)N(C1CCCCC1)C1CC(CN2CCC(CCCc3ccccc3)CC2)C(c2ccccc2)C1. The molecule has 1 saturated heterocycles. The minimum absolute atomic E-state index is 0.306. The zero-order valence-electron chi connectivity index (χ0n) is 23.1. The fraction of sp³-hybridized carbons (Fsp3) is 0.618. The molecule has 3 atom stereocenters. The van der Waals surface area contributed by atoms with Gasteiger partial charge in [-0.3, -0.25) is 4.79 Å². The average molecular weight is 501 g/mol. The van der Waals surface area contributed by atoms with Crippen molar-refractivity contribution in [1.82, 2.24) is 9.80 Å². The fourth-order valence-corrected chi connectivity index (χ4v) is 7.83. The Bertz CT molecular complexity index is 946. The normalized spacial score (nSPS) is 25.8. The number of rotatable bonds is 9. The van der Waals surface area contributed by atoms with E-state index in [4.69, 9.17) is 0 Å². The van der Waals surface area contributed by atoms with Crippen LogP contribution >= 0.6 is 0 Å². The highest BCUT2D eigenvalue weighted by molar-refractivity contribution is 5.74. The molecule has 3 aliphatic rings. The highest BCUT2D eigenvalue weighted by Gasteiger charge is 2.41. The summed E-state index contributed by atoms with van der Waals surface area (Å²) in [5.41, 5.74) is 2.97. The molecule has 1 heterocycles. The Morgan fingerprint density at radius 1 is 0.838 bits per heavy atom. The minimum atomic E-state index is 0.306. The Morgan fingerprint density at radius 2 is 1.51 bits per heavy atom. The van der Waals surface area contributed by atoms with Crippen molar-refractivity contribution in [2.75, 3.05) is 19.6 Å². The molecule has 200 valence electrons. The predicted molar refractivity (Wildman–Crippen MR) is 154 cm³/mol. The molecule has 2 aliphatic carbocycles. The molecule has 3 unspecified atom stereocenters. The quantitative estimate of drug-likeness (QED) is 0.357. The van der Waals surface area contributed by atoms with Crippen molar-refractivity contribution in [3.63, 3.8) is 0 Å². The summed E-state index contributed by atoms with van der Waals surface area (Å²) in [5, 5.41) is 0. The number of hydrogen-bond acceptors (Lipinski definition) is 2. The Hall–Kier alpha value is -2.13. The maximum atomic E-state index is 12.9. The van der Waals surface area contributed by atoms with E-state index in [9.17, 15) is 4.79 Å². The van der Waals surface area contributed by atoms with Crippen LogP contribution < -0.4 is 0 Å². The molecular formula is C34H48N2O. The molecule has 0 radical (unpaired) electrons. The van der Waals surface area contributed by atoms with Gasteiger partial charge in [0.2, 0.25) is 5.91 Å². The molecule has 1 amide bonds. The number of hydrogen-bond donors (Lipinski definition) is 0. The smallest absolute Gasteiger partial charge is 0.219 e. The van der Waals surface area contributed by atoms with E-state index in [-0.39, 0.29) is 0 Å². The van der Waals surface area contributed by atoms with Gasteiger partial charge in [0.05, 0.1) is 0 Å². The molecule has 3 heteroatoms. The largest absolute Gasteiger partial charge is 0.337 e. The number of aryl methyl sites for hydroxylation is 1. The number of carbonyl (C=O) groups is 1. The molecule has 5 rings (SSSR count). The van der Waals surface area contributed by atoms with Crippen LogP contribution in [0.5, 0.6) is 0 Å². The van der Waals surface area contributed by atoms with Crippen LogP contribution in [0.15, 0.2) is 60.7 Å². The molecule has 2 aromatic carbocycles. The number of amides is 1. The van der Waals surface area contributed by atoms with E-state index >= 15 is 0 Å². The van der Waals surface area contributed by atoms with E-state index < -0.39 is 0 Å². The van der Waals surface area contributed by atoms with E-state index in [1.807, 2.05) is 6.92 Å². The third-order valence-corrected chi connectivity index (χ3v) is 9.74. The maximum Gasteiger partial charge on any atom is 0.219 e. The molecule has 0 N–H and O–H groups in total. The Morgan fingerprint density at radius 3 is 2.19 bits per heavy atom. The third kappa shape index (κ3) is 7.05. The summed E-state index contributed by atoms with van der Waals surface area (Å²) in [7, 11) is 0. The van der Waals surface area contributed by atoms with Crippen molar-refractivity contribution in [2.24, 2.45) is 11.8 Å². The van der Waals surface area contributed by atoms with Crippen molar-refractivity contribution in [1.29, 1.82) is 0 Å². The Balaban J connectivity index is 1.17. The summed E-state index contributed by atoms with van der Waals surface area (Å²) in [6, 6.07) is 23.0. The van der Waals surface area contributed by atoms with Crippen LogP contribution in [0.4, 0.5) is 0 Å². The molecule has 0 bridgehead atoms. The van der Waals surface area contributed by atoms with E-state index in [0.717, 1.165) is 12.3 Å². The summed E-state index contributed by atoms with van der Waals surface area (Å²) >= 11 is 0. The lowest BCUT2D eigenvalue weighted by molar-refractivity contribution is -0.134. The fourth-order valence-electron chi connectivity index (χ4n) is 7.83. The lowest BCUT2D eigenvalue weighted by Crippen LogP contribution is -2.46. The first kappa shape index (κ1) is 26.5. The minimum Gasteiger partial charge on any atom is -0.337 e. The molecule has 2 saturated carbocycles. The van der Waals surface area contributed by atoms with E-state index in [2.05, 4.69) is 70.5 Å². The van der Waals surface area contributed by atoms with E-state index in [1.165, 1.54) is 101 Å². The number of benzene rings is 2. The van der Waals surface area contributed by atoms with Gasteiger partial charge in [-0.15, -0.1) is 0 Å². The second-order valence-electron chi connectivity index (χ2n) is 12.2. The molecule has 0 aromatic heterocycles. The summed E-state index contributed by atoms with van der Waals surface area (Å²) in [6.45, 7) is 5.51. The molecule has 3 fully saturated rings. The lowest BCUT2D eigenvalue weighted by atomic mass is 9.87. The van der Waals surface area contributed by atoms with Crippen LogP contribution in [0, 0.1) is 11.8 Å². The first-order valence-electron chi connectivity index (χ1n) is 15.3. The van der Waals surface area contributed by atoms with Gasteiger partial charge in [0.15, 0.2) is 0 Å². The Labute approximate surface area is 225 Å². The van der Waals surface area contributed by atoms with Crippen LogP contribution in [0.3, 0.4) is 0 Å². The van der Waals surface area contributed by atoms with Gasteiger partial charge in [-0.1, -0.05) is 86.3 Å². The molecule has 37 heavy (non-hydrogen) atoms. The monoisotopic (exact) mass is 500 g/mol. The van der Waals surface area contributed by atoms with Crippen LogP contribution in [0.25, 0.3) is 0 Å². The van der Waals surface area contributed by atoms with Gasteiger partial charge in [0.25, 0.3) is 0 Å². The molecule has 2 aromatic rings. The van der Waals surface area contributed by atoms with Gasteiger partial charge >= 0.3 is 0 Å². The van der Waals surface area contributed by atoms with Crippen LogP contribution in [0.2, 0.25) is 0 Å². The van der Waals surface area contributed by atoms with E-state index in [1.54, 1.807) is 0 Å². The number of piperidine rings is 1. The average Bonchev–Trinajstić information content (AvgIpc) is 3.34. The highest BCUT2D eigenvalue weighted by Crippen LogP contribution is 2.44. The van der Waals surface area contributed by atoms with Crippen LogP contribution in [-0.2, 0) is 11.2 Å². The Kier molecular flexibility index (Phi) is 9.37. The van der Waals surface area contributed by atoms with Gasteiger partial charge in [0, 0.05) is 25.6 Å². The third-order valence-electron chi connectivity index (χ3n) is 9.74. The van der Waals surface area contributed by atoms with Gasteiger partial charge in [0.1, 0.15) is 0 Å². The second-order valence-corrected chi connectivity index (χ2v) is 12.2. The zero-order valence-corrected chi connectivity index (χ0v) is 23.1. The van der Waals surface area contributed by atoms with Crippen LogP contribution in [0.1, 0.15) is 94.6 Å². The molecule has 1 aliphatic heterocycles. The zero-order chi connectivity index (χ0) is 25.5. The number of likely N-dealkylation sites (tertiary alicyclic amines) is 1. The van der Waals surface area contributed by atoms with E-state index in [0.29, 0.717) is 29.8 Å². The molecular weight excluding hydrogens is 452 g/mol. The number of carbonyl (C=O) groups excluding carboxylic acids is 1. The summed E-state index contributed by atoms with van der Waals surface area (Å²) in [5.74, 6) is 2.41. The first-order chi connectivity index (χ1) is 18.2. The second kappa shape index (κ2) is 13.1. The van der Waals surface area contributed by atoms with Gasteiger partial charge < -0.3 is 9.80 Å². The first-order valence-corrected chi connectivity index (χ1v) is 15.3. The van der Waals surface area contributed by atoms with Crippen molar-refractivity contribution in [3.8, 4) is 0 Å². The van der Waals surface area contributed by atoms with Gasteiger partial charge in [-0.25, -0.2) is 0 Å². The number of nitrogens with zero attached hydrogens (tertiary/aromatic N) is 2. The van der Waals surface area contributed by atoms with Crippen molar-refractivity contribution < 1.29 is 4.79 Å². The van der Waals surface area contributed by atoms with Gasteiger partial charge in [-0.05, 0) is 93.3 Å². The topological polar surface area (TPSA) is 23.6 Å². The highest BCUT2D eigenvalue weighted by atomic mass is 16.2. The summed E-state index contributed by atoms with van der Waals surface area (Å²) in [6.07, 6.45) is 15.2. The summed E-state index contributed by atoms with van der Waals surface area (Å²) in [4.78, 5) is 18.0. The van der Waals surface area contributed by atoms with Gasteiger partial charge in [-0.2, -0.15) is 0 Å². The maximum absolute atomic E-state index is 12.9. The standard InChI is InChI=1S/C34H48N2O/c1-27(37)36(32-18-9-4-10-19-32)33-24-31(34(25-33)30-16-7-3-8-17-30)26-35-22-20-29(21-23-35)15-11-14-28-12-5-2-6-13-28/h2-3,5-8,12-13,16-17,29,31-34H,4,9-11,14-15,18-26H2,1H3. The van der Waals surface area contributed by atoms with Crippen molar-refractivity contribution in [3.05, 3.63) is 71.8 Å². The van der Waals surface area contributed by atoms with Crippen LogP contribution in [-0.4, -0.2) is 47.4 Å².